The molecule has 1 saturated heterocycles. The molecule has 0 aliphatic carbocycles. The van der Waals surface area contributed by atoms with Gasteiger partial charge in [-0.2, -0.15) is 0 Å². The van der Waals surface area contributed by atoms with Gasteiger partial charge in [0.25, 0.3) is 5.56 Å². The molecular weight excluding hydrogens is 172 g/mol. The van der Waals surface area contributed by atoms with Crippen molar-refractivity contribution in [1.29, 1.82) is 0 Å². The van der Waals surface area contributed by atoms with Crippen LogP contribution in [0.15, 0.2) is 10.2 Å². The first kappa shape index (κ1) is 8.01. The quantitative estimate of drug-likeness (QED) is 0.690. The molecule has 4 heteroatoms. The molecule has 1 aliphatic rings. The normalized spacial score (nSPS) is 24.2. The highest BCUT2D eigenvalue weighted by atomic mass is 32.1. The average Bonchev–Trinajstić information content (AvgIpc) is 2.53. The van der Waals surface area contributed by atoms with Gasteiger partial charge in [-0.15, -0.1) is 0 Å². The van der Waals surface area contributed by atoms with Crippen molar-refractivity contribution in [2.75, 3.05) is 6.54 Å². The second-order valence-electron chi connectivity index (χ2n) is 3.12. The zero-order valence-electron chi connectivity index (χ0n) is 6.80. The van der Waals surface area contributed by atoms with E-state index in [0.717, 1.165) is 18.5 Å². The van der Waals surface area contributed by atoms with Crippen LogP contribution < -0.4 is 10.9 Å². The highest BCUT2D eigenvalue weighted by Crippen LogP contribution is 2.20. The molecule has 1 fully saturated rings. The predicted octanol–water partition coefficient (Wildman–Crippen LogP) is 1.25. The molecule has 2 N–H and O–H groups in total. The number of aromatic nitrogens is 1. The lowest BCUT2D eigenvalue weighted by Crippen LogP contribution is -2.29. The fourth-order valence-corrected chi connectivity index (χ4v) is 2.30. The average molecular weight is 184 g/mol. The lowest BCUT2D eigenvalue weighted by Gasteiger charge is -2.21. The van der Waals surface area contributed by atoms with Gasteiger partial charge in [0, 0.05) is 17.0 Å². The predicted molar refractivity (Wildman–Crippen MR) is 49.5 cm³/mol. The van der Waals surface area contributed by atoms with Crippen LogP contribution in [0.25, 0.3) is 0 Å². The van der Waals surface area contributed by atoms with Crippen LogP contribution in [0.5, 0.6) is 0 Å². The minimum Gasteiger partial charge on any atom is -0.310 e. The van der Waals surface area contributed by atoms with Crippen LogP contribution in [-0.2, 0) is 0 Å². The minimum absolute atomic E-state index is 0.0828. The minimum atomic E-state index is 0.0828. The number of hydrogen-bond donors (Lipinski definition) is 2. The summed E-state index contributed by atoms with van der Waals surface area (Å²) in [5, 5.41) is 5.27. The highest BCUT2D eigenvalue weighted by molar-refractivity contribution is 7.03. The van der Waals surface area contributed by atoms with Crippen LogP contribution in [0, 0.1) is 0 Å². The Labute approximate surface area is 75.0 Å². The molecular formula is C8H12N2OS. The van der Waals surface area contributed by atoms with Gasteiger partial charge >= 0.3 is 0 Å². The van der Waals surface area contributed by atoms with Gasteiger partial charge < -0.3 is 5.32 Å². The Bertz CT molecular complexity index is 298. The largest absolute Gasteiger partial charge is 0.310 e. The first-order valence-corrected chi connectivity index (χ1v) is 5.15. The second-order valence-corrected chi connectivity index (χ2v) is 3.80. The molecule has 1 aromatic rings. The van der Waals surface area contributed by atoms with Crippen molar-refractivity contribution in [1.82, 2.24) is 9.69 Å². The maximum atomic E-state index is 11.2. The number of H-pyrrole nitrogens is 1. The lowest BCUT2D eigenvalue weighted by atomic mass is 10.0. The van der Waals surface area contributed by atoms with E-state index in [4.69, 9.17) is 0 Å². The zero-order valence-corrected chi connectivity index (χ0v) is 7.62. The van der Waals surface area contributed by atoms with Crippen molar-refractivity contribution in [2.24, 2.45) is 0 Å². The number of piperidine rings is 1. The molecule has 0 radical (unpaired) electrons. The second kappa shape index (κ2) is 3.41. The highest BCUT2D eigenvalue weighted by Gasteiger charge is 2.17. The van der Waals surface area contributed by atoms with Crippen LogP contribution in [0.2, 0.25) is 0 Å². The van der Waals surface area contributed by atoms with Gasteiger partial charge in [0.2, 0.25) is 0 Å². The number of rotatable bonds is 1. The SMILES string of the molecule is O=c1[nH]scc1C1CCCCN1. The molecule has 3 nitrogen and oxygen atoms in total. The van der Waals surface area contributed by atoms with Crippen LogP contribution in [0.3, 0.4) is 0 Å². The molecule has 0 spiro atoms. The summed E-state index contributed by atoms with van der Waals surface area (Å²) < 4.78 is 2.71. The number of nitrogens with one attached hydrogen (secondary N) is 2. The van der Waals surface area contributed by atoms with Gasteiger partial charge in [-0.25, -0.2) is 0 Å². The maximum Gasteiger partial charge on any atom is 0.262 e. The van der Waals surface area contributed by atoms with Crippen molar-refractivity contribution in [3.8, 4) is 0 Å². The van der Waals surface area contributed by atoms with Gasteiger partial charge in [0.15, 0.2) is 0 Å². The molecule has 1 aliphatic heterocycles. The van der Waals surface area contributed by atoms with Crippen LogP contribution in [0.4, 0.5) is 0 Å². The van der Waals surface area contributed by atoms with E-state index >= 15 is 0 Å². The third-order valence-corrected chi connectivity index (χ3v) is 2.96. The summed E-state index contributed by atoms with van der Waals surface area (Å²) >= 11 is 1.38. The topological polar surface area (TPSA) is 44.9 Å². The summed E-state index contributed by atoms with van der Waals surface area (Å²) in [5.74, 6) is 0. The summed E-state index contributed by atoms with van der Waals surface area (Å²) in [6, 6.07) is 0.300. The Balaban J connectivity index is 2.18. The molecule has 66 valence electrons. The van der Waals surface area contributed by atoms with Crippen molar-refractivity contribution in [2.45, 2.75) is 25.3 Å². The zero-order chi connectivity index (χ0) is 8.39. The fourth-order valence-electron chi connectivity index (χ4n) is 1.62. The van der Waals surface area contributed by atoms with E-state index in [-0.39, 0.29) is 5.56 Å². The maximum absolute atomic E-state index is 11.2. The van der Waals surface area contributed by atoms with Gasteiger partial charge in [-0.05, 0) is 19.4 Å². The van der Waals surface area contributed by atoms with Gasteiger partial charge in [-0.1, -0.05) is 18.0 Å². The van der Waals surface area contributed by atoms with Crippen molar-refractivity contribution in [3.05, 3.63) is 21.3 Å². The molecule has 0 aromatic carbocycles. The molecule has 1 atom stereocenters. The molecule has 1 aromatic heterocycles. The van der Waals surface area contributed by atoms with E-state index in [9.17, 15) is 4.79 Å². The van der Waals surface area contributed by atoms with E-state index in [1.807, 2.05) is 5.38 Å². The van der Waals surface area contributed by atoms with Crippen LogP contribution >= 0.6 is 11.5 Å². The molecule has 2 rings (SSSR count). The van der Waals surface area contributed by atoms with Crippen LogP contribution in [0.1, 0.15) is 30.9 Å². The summed E-state index contributed by atoms with van der Waals surface area (Å²) in [6.07, 6.45) is 3.56. The third-order valence-electron chi connectivity index (χ3n) is 2.29. The van der Waals surface area contributed by atoms with Crippen molar-refractivity contribution in [3.63, 3.8) is 0 Å². The summed E-state index contributed by atoms with van der Waals surface area (Å²) in [5.41, 5.74) is 0.999. The Kier molecular flexibility index (Phi) is 2.28. The standard InChI is InChI=1S/C8H12N2OS/c11-8-6(5-12-10-8)7-3-1-2-4-9-7/h5,7,9H,1-4H2,(H,10,11). The smallest absolute Gasteiger partial charge is 0.262 e. The first-order valence-electron chi connectivity index (χ1n) is 4.27. The number of aromatic amines is 1. The van der Waals surface area contributed by atoms with E-state index in [0.29, 0.717) is 6.04 Å². The van der Waals surface area contributed by atoms with E-state index in [1.165, 1.54) is 24.4 Å². The molecule has 0 amide bonds. The Morgan fingerprint density at radius 3 is 3.00 bits per heavy atom. The Hall–Kier alpha value is -0.610. The van der Waals surface area contributed by atoms with E-state index in [2.05, 4.69) is 9.69 Å². The number of hydrogen-bond acceptors (Lipinski definition) is 3. The Morgan fingerprint density at radius 1 is 1.50 bits per heavy atom. The Morgan fingerprint density at radius 2 is 2.42 bits per heavy atom. The fraction of sp³-hybridized carbons (Fsp3) is 0.625. The van der Waals surface area contributed by atoms with E-state index in [1.54, 1.807) is 0 Å². The van der Waals surface area contributed by atoms with Gasteiger partial charge in [0.1, 0.15) is 0 Å². The summed E-state index contributed by atoms with van der Waals surface area (Å²) in [4.78, 5) is 11.2. The first-order chi connectivity index (χ1) is 5.88. The van der Waals surface area contributed by atoms with Gasteiger partial charge in [0.05, 0.1) is 0 Å². The molecule has 12 heavy (non-hydrogen) atoms. The summed E-state index contributed by atoms with van der Waals surface area (Å²) in [7, 11) is 0. The molecule has 1 unspecified atom stereocenters. The van der Waals surface area contributed by atoms with Crippen molar-refractivity contribution >= 4 is 11.5 Å². The molecule has 2 heterocycles. The van der Waals surface area contributed by atoms with Gasteiger partial charge in [-0.3, -0.25) is 9.17 Å². The molecule has 0 saturated carbocycles. The monoisotopic (exact) mass is 184 g/mol. The van der Waals surface area contributed by atoms with E-state index < -0.39 is 0 Å². The lowest BCUT2D eigenvalue weighted by molar-refractivity contribution is 0.411. The summed E-state index contributed by atoms with van der Waals surface area (Å²) in [6.45, 7) is 1.04. The molecule has 0 bridgehead atoms. The van der Waals surface area contributed by atoms with Crippen molar-refractivity contribution < 1.29 is 0 Å². The van der Waals surface area contributed by atoms with Crippen LogP contribution in [-0.4, -0.2) is 10.9 Å². The third kappa shape index (κ3) is 1.44.